The summed E-state index contributed by atoms with van der Waals surface area (Å²) in [5.41, 5.74) is 2.60. The zero-order valence-electron chi connectivity index (χ0n) is 22.8. The van der Waals surface area contributed by atoms with Gasteiger partial charge in [-0.05, 0) is 37.5 Å². The van der Waals surface area contributed by atoms with Crippen molar-refractivity contribution < 1.29 is 18.8 Å². The van der Waals surface area contributed by atoms with Crippen LogP contribution in [0.15, 0.2) is 54.6 Å². The molecule has 194 valence electrons. The number of ether oxygens (including phenoxy) is 2. The lowest BCUT2D eigenvalue weighted by atomic mass is 10.0. The second-order valence-electron chi connectivity index (χ2n) is 10.4. The molecule has 0 saturated heterocycles. The number of hydrogen-bond acceptors (Lipinski definition) is 3. The van der Waals surface area contributed by atoms with Gasteiger partial charge in [-0.2, -0.15) is 0 Å². The Morgan fingerprint density at radius 3 is 2.17 bits per heavy atom. The maximum Gasteiger partial charge on any atom is 0.364 e. The van der Waals surface area contributed by atoms with Crippen molar-refractivity contribution in [2.45, 2.75) is 97.2 Å². The minimum absolute atomic E-state index is 0.0147. The molecule has 2 unspecified atom stereocenters. The highest BCUT2D eigenvalue weighted by atomic mass is 16.5. The first-order chi connectivity index (χ1) is 16.9. The lowest BCUT2D eigenvalue weighted by Crippen LogP contribution is -2.52. The Bertz CT molecular complexity index is 832. The number of benzene rings is 2. The van der Waals surface area contributed by atoms with Gasteiger partial charge in [-0.15, -0.1) is 0 Å². The molecule has 2 aromatic rings. The number of esters is 1. The maximum atomic E-state index is 12.9. The van der Waals surface area contributed by atoms with Gasteiger partial charge in [0.2, 0.25) is 0 Å². The van der Waals surface area contributed by atoms with Crippen LogP contribution >= 0.6 is 0 Å². The lowest BCUT2D eigenvalue weighted by molar-refractivity contribution is -0.919. The van der Waals surface area contributed by atoms with E-state index in [9.17, 15) is 4.79 Å². The van der Waals surface area contributed by atoms with E-state index in [2.05, 4.69) is 64.3 Å². The highest BCUT2D eigenvalue weighted by Gasteiger charge is 2.34. The molecule has 0 amide bonds. The topological polar surface area (TPSA) is 35.5 Å². The molecule has 0 radical (unpaired) electrons. The Kier molecular flexibility index (Phi) is 12.9. The Morgan fingerprint density at radius 2 is 1.51 bits per heavy atom. The number of carbonyl (C=O) groups excluding carboxylic acids is 1. The first-order valence-electron chi connectivity index (χ1n) is 13.6. The van der Waals surface area contributed by atoms with Gasteiger partial charge in [0.25, 0.3) is 0 Å². The van der Waals surface area contributed by atoms with Crippen LogP contribution in [0.1, 0.15) is 83.3 Å². The van der Waals surface area contributed by atoms with E-state index < -0.39 is 0 Å². The molecule has 0 heterocycles. The highest BCUT2D eigenvalue weighted by Crippen LogP contribution is 2.19. The Morgan fingerprint density at radius 1 is 0.857 bits per heavy atom. The van der Waals surface area contributed by atoms with E-state index >= 15 is 0 Å². The summed E-state index contributed by atoms with van der Waals surface area (Å²) in [5, 5.41) is 0. The zero-order chi connectivity index (χ0) is 25.5. The summed E-state index contributed by atoms with van der Waals surface area (Å²) >= 11 is 0. The molecule has 2 atom stereocenters. The number of unbranched alkanes of at least 4 members (excludes halogenated alkanes) is 5. The average Bonchev–Trinajstić information content (AvgIpc) is 2.83. The molecule has 4 nitrogen and oxygen atoms in total. The summed E-state index contributed by atoms with van der Waals surface area (Å²) in [6.07, 6.45) is 10.5. The van der Waals surface area contributed by atoms with Crippen molar-refractivity contribution in [3.63, 3.8) is 0 Å². The predicted octanol–water partition coefficient (Wildman–Crippen LogP) is 7.35. The van der Waals surface area contributed by atoms with Crippen LogP contribution in [-0.2, 0) is 22.5 Å². The quantitative estimate of drug-likeness (QED) is 0.134. The van der Waals surface area contributed by atoms with E-state index in [1.54, 1.807) is 0 Å². The Balaban J connectivity index is 1.71. The van der Waals surface area contributed by atoms with Crippen molar-refractivity contribution in [2.24, 2.45) is 0 Å². The molecule has 0 saturated carbocycles. The summed E-state index contributed by atoms with van der Waals surface area (Å²) in [5.74, 6) is 0.752. The number of rotatable bonds is 17. The van der Waals surface area contributed by atoms with Gasteiger partial charge in [0.05, 0.1) is 26.8 Å². The van der Waals surface area contributed by atoms with E-state index in [1.165, 1.54) is 49.7 Å². The van der Waals surface area contributed by atoms with Gasteiger partial charge in [0.1, 0.15) is 12.3 Å². The van der Waals surface area contributed by atoms with Crippen molar-refractivity contribution in [2.75, 3.05) is 20.7 Å². The zero-order valence-corrected chi connectivity index (χ0v) is 22.8. The third-order valence-corrected chi connectivity index (χ3v) is 6.78. The molecule has 0 fully saturated rings. The minimum atomic E-state index is -0.189. The Hall–Kier alpha value is -2.33. The number of nitrogens with zero attached hydrogens (tertiary/aromatic N) is 1. The monoisotopic (exact) mass is 482 g/mol. The molecule has 2 rings (SSSR count). The van der Waals surface area contributed by atoms with Gasteiger partial charge in [-0.3, -0.25) is 0 Å². The van der Waals surface area contributed by atoms with Gasteiger partial charge < -0.3 is 14.0 Å². The van der Waals surface area contributed by atoms with Gasteiger partial charge >= 0.3 is 5.97 Å². The molecular formula is C31H48NO3+. The second-order valence-corrected chi connectivity index (χ2v) is 10.4. The molecule has 0 aliphatic carbocycles. The van der Waals surface area contributed by atoms with Crippen LogP contribution in [0.25, 0.3) is 0 Å². The van der Waals surface area contributed by atoms with Crippen LogP contribution in [0.5, 0.6) is 5.75 Å². The van der Waals surface area contributed by atoms with E-state index in [1.807, 2.05) is 25.1 Å². The molecule has 0 N–H and O–H groups in total. The number of aryl methyl sites for hydroxylation is 1. The van der Waals surface area contributed by atoms with Crippen LogP contribution in [-0.4, -0.2) is 43.3 Å². The molecule has 0 spiro atoms. The number of carbonyl (C=O) groups is 1. The molecule has 0 aromatic heterocycles. The molecule has 0 aliphatic heterocycles. The number of hydrogen-bond donors (Lipinski definition) is 0. The standard InChI is InChI=1S/C31H48NO3/c1-6-8-9-10-11-13-16-27-19-21-29(22-20-27)35-26(3)23-24-34-31(33)30(7-2)32(4,5)25-28-17-14-12-15-18-28/h12,14-15,17-22,26,30H,6-11,13,16,23-25H2,1-5H3/q+1. The van der Waals surface area contributed by atoms with Gasteiger partial charge in [0, 0.05) is 18.4 Å². The van der Waals surface area contributed by atoms with E-state index in [-0.39, 0.29) is 18.1 Å². The van der Waals surface area contributed by atoms with Crippen molar-refractivity contribution >= 4 is 5.97 Å². The first kappa shape index (κ1) is 28.9. The normalized spacial score (nSPS) is 13.3. The van der Waals surface area contributed by atoms with Crippen molar-refractivity contribution in [3.05, 3.63) is 65.7 Å². The van der Waals surface area contributed by atoms with Gasteiger partial charge in [-0.25, -0.2) is 4.79 Å². The summed E-state index contributed by atoms with van der Waals surface area (Å²) in [4.78, 5) is 12.9. The average molecular weight is 483 g/mol. The van der Waals surface area contributed by atoms with Gasteiger partial charge in [0.15, 0.2) is 6.04 Å². The predicted molar refractivity (Wildman–Crippen MR) is 146 cm³/mol. The van der Waals surface area contributed by atoms with E-state index in [0.29, 0.717) is 17.5 Å². The largest absolute Gasteiger partial charge is 0.491 e. The van der Waals surface area contributed by atoms with Crippen molar-refractivity contribution in [3.8, 4) is 5.75 Å². The number of quaternary nitrogens is 1. The summed E-state index contributed by atoms with van der Waals surface area (Å²) in [6, 6.07) is 18.6. The third kappa shape index (κ3) is 10.9. The Labute approximate surface area is 214 Å². The molecule has 2 aromatic carbocycles. The molecule has 4 heteroatoms. The smallest absolute Gasteiger partial charge is 0.364 e. The molecule has 35 heavy (non-hydrogen) atoms. The van der Waals surface area contributed by atoms with Crippen LogP contribution in [0.2, 0.25) is 0 Å². The SMILES string of the molecule is CCCCCCCCc1ccc(OC(C)CCOC(=O)C(CC)[N+](C)(C)Cc2ccccc2)cc1. The van der Waals surface area contributed by atoms with Crippen molar-refractivity contribution in [1.29, 1.82) is 0 Å². The van der Waals surface area contributed by atoms with Gasteiger partial charge in [-0.1, -0.05) is 88.4 Å². The second kappa shape index (κ2) is 15.6. The van der Waals surface area contributed by atoms with Crippen LogP contribution < -0.4 is 4.74 Å². The molecular weight excluding hydrogens is 434 g/mol. The summed E-state index contributed by atoms with van der Waals surface area (Å²) < 4.78 is 12.3. The molecule has 0 bridgehead atoms. The fourth-order valence-electron chi connectivity index (χ4n) is 4.67. The van der Waals surface area contributed by atoms with Crippen molar-refractivity contribution in [1.82, 2.24) is 0 Å². The number of likely N-dealkylation sites (N-methyl/N-ethyl adjacent to an activating group) is 1. The third-order valence-electron chi connectivity index (χ3n) is 6.78. The maximum absolute atomic E-state index is 12.9. The lowest BCUT2D eigenvalue weighted by Gasteiger charge is -2.36. The van der Waals surface area contributed by atoms with Crippen LogP contribution in [0, 0.1) is 0 Å². The summed E-state index contributed by atoms with van der Waals surface area (Å²) in [6.45, 7) is 7.51. The fourth-order valence-corrected chi connectivity index (χ4v) is 4.67. The van der Waals surface area contributed by atoms with E-state index in [4.69, 9.17) is 9.47 Å². The fraction of sp³-hybridized carbons (Fsp3) is 0.581. The first-order valence-corrected chi connectivity index (χ1v) is 13.6. The summed E-state index contributed by atoms with van der Waals surface area (Å²) in [7, 11) is 4.20. The molecule has 0 aliphatic rings. The minimum Gasteiger partial charge on any atom is -0.491 e. The van der Waals surface area contributed by atoms with Crippen LogP contribution in [0.4, 0.5) is 0 Å². The van der Waals surface area contributed by atoms with E-state index in [0.717, 1.165) is 25.1 Å². The van der Waals surface area contributed by atoms with Crippen LogP contribution in [0.3, 0.4) is 0 Å². The highest BCUT2D eigenvalue weighted by molar-refractivity contribution is 5.74.